The van der Waals surface area contributed by atoms with E-state index in [1.54, 1.807) is 36.4 Å². The van der Waals surface area contributed by atoms with Gasteiger partial charge in [-0.3, -0.25) is 4.79 Å². The number of rotatable bonds is 8. The summed E-state index contributed by atoms with van der Waals surface area (Å²) in [6.07, 6.45) is 2.07. The van der Waals surface area contributed by atoms with Gasteiger partial charge in [-0.25, -0.2) is 4.79 Å². The highest BCUT2D eigenvalue weighted by atomic mass is 16.5. The number of ketones is 1. The van der Waals surface area contributed by atoms with Crippen LogP contribution in [0.2, 0.25) is 0 Å². The Balaban J connectivity index is 1.84. The average Bonchev–Trinajstić information content (AvgIpc) is 2.62. The molecule has 0 atom stereocenters. The summed E-state index contributed by atoms with van der Waals surface area (Å²) in [5.41, 5.74) is 1.84. The first kappa shape index (κ1) is 17.3. The number of nitrogens with one attached hydrogen (secondary N) is 2. The summed E-state index contributed by atoms with van der Waals surface area (Å²) < 4.78 is 4.97. The van der Waals surface area contributed by atoms with Crippen LogP contribution in [0.1, 0.15) is 22.3 Å². The molecule has 124 valence electrons. The predicted molar refractivity (Wildman–Crippen MR) is 94.1 cm³/mol. The van der Waals surface area contributed by atoms with E-state index in [1.165, 1.54) is 6.26 Å². The first-order valence-electron chi connectivity index (χ1n) is 7.68. The first-order valence-corrected chi connectivity index (χ1v) is 7.68. The van der Waals surface area contributed by atoms with E-state index in [-0.39, 0.29) is 11.8 Å². The third-order valence-electron chi connectivity index (χ3n) is 3.28. The highest BCUT2D eigenvalue weighted by Crippen LogP contribution is 2.13. The Bertz CT molecular complexity index is 682. The molecule has 2 aromatic rings. The fourth-order valence-electron chi connectivity index (χ4n) is 2.08. The molecule has 0 saturated heterocycles. The van der Waals surface area contributed by atoms with Crippen LogP contribution in [0.4, 0.5) is 10.5 Å². The minimum atomic E-state index is -0.296. The maximum Gasteiger partial charge on any atom is 0.319 e. The Kier molecular flexibility index (Phi) is 6.58. The lowest BCUT2D eigenvalue weighted by molar-refractivity contribution is 0.103. The molecule has 0 aliphatic heterocycles. The molecule has 0 aliphatic carbocycles. The first-order chi connectivity index (χ1) is 11.7. The summed E-state index contributed by atoms with van der Waals surface area (Å²) in [5.74, 6) is -0.0474. The van der Waals surface area contributed by atoms with Crippen LogP contribution in [0.3, 0.4) is 0 Å². The molecule has 2 aromatic carbocycles. The van der Waals surface area contributed by atoms with Gasteiger partial charge in [0.25, 0.3) is 0 Å². The van der Waals surface area contributed by atoms with Gasteiger partial charge in [0.1, 0.15) is 0 Å². The number of benzene rings is 2. The summed E-state index contributed by atoms with van der Waals surface area (Å²) in [6.45, 7) is 4.46. The maximum absolute atomic E-state index is 12.3. The number of anilines is 1. The molecule has 5 nitrogen and oxygen atoms in total. The largest absolute Gasteiger partial charge is 0.502 e. The zero-order valence-electron chi connectivity index (χ0n) is 13.3. The van der Waals surface area contributed by atoms with E-state index in [2.05, 4.69) is 17.2 Å². The second-order valence-electron chi connectivity index (χ2n) is 5.04. The Hall–Kier alpha value is -3.08. The van der Waals surface area contributed by atoms with Gasteiger partial charge in [0, 0.05) is 23.4 Å². The fraction of sp³-hybridized carbons (Fsp3) is 0.158. The molecule has 5 heteroatoms. The van der Waals surface area contributed by atoms with Crippen molar-refractivity contribution < 1.29 is 14.3 Å². The molecular weight excluding hydrogens is 304 g/mol. The van der Waals surface area contributed by atoms with E-state index in [0.717, 1.165) is 0 Å². The molecule has 2 rings (SSSR count). The third kappa shape index (κ3) is 5.28. The van der Waals surface area contributed by atoms with Crippen LogP contribution in [-0.4, -0.2) is 25.0 Å². The van der Waals surface area contributed by atoms with Crippen molar-refractivity contribution in [3.8, 4) is 0 Å². The standard InChI is InChI=1S/C19H20N2O3/c1-2-24-14-6-13-20-19(23)21-17-11-9-16(10-12-17)18(22)15-7-4-3-5-8-15/h2-5,7-12H,1,6,13-14H2,(H2,20,21,23). The average molecular weight is 324 g/mol. The molecule has 24 heavy (non-hydrogen) atoms. The number of amides is 2. The van der Waals surface area contributed by atoms with Crippen LogP contribution in [0.25, 0.3) is 0 Å². The second-order valence-corrected chi connectivity index (χ2v) is 5.04. The van der Waals surface area contributed by atoms with Gasteiger partial charge in [-0.15, -0.1) is 0 Å². The topological polar surface area (TPSA) is 67.4 Å². The third-order valence-corrected chi connectivity index (χ3v) is 3.28. The van der Waals surface area contributed by atoms with Gasteiger partial charge in [-0.1, -0.05) is 36.9 Å². The van der Waals surface area contributed by atoms with E-state index in [0.29, 0.717) is 36.4 Å². The summed E-state index contributed by atoms with van der Waals surface area (Å²) in [4.78, 5) is 24.0. The SMILES string of the molecule is C=COCCCNC(=O)Nc1ccc(C(=O)c2ccccc2)cc1. The van der Waals surface area contributed by atoms with E-state index >= 15 is 0 Å². The molecular formula is C19H20N2O3. The smallest absolute Gasteiger partial charge is 0.319 e. The van der Waals surface area contributed by atoms with Gasteiger partial charge in [0.15, 0.2) is 5.78 Å². The lowest BCUT2D eigenvalue weighted by Crippen LogP contribution is -2.30. The number of carbonyl (C=O) groups excluding carboxylic acids is 2. The van der Waals surface area contributed by atoms with Crippen molar-refractivity contribution in [2.75, 3.05) is 18.5 Å². The van der Waals surface area contributed by atoms with E-state index in [1.807, 2.05) is 18.2 Å². The van der Waals surface area contributed by atoms with Crippen LogP contribution in [-0.2, 0) is 4.74 Å². The van der Waals surface area contributed by atoms with Gasteiger partial charge >= 0.3 is 6.03 Å². The Morgan fingerprint density at radius 2 is 1.67 bits per heavy atom. The van der Waals surface area contributed by atoms with Gasteiger partial charge in [0.05, 0.1) is 12.9 Å². The van der Waals surface area contributed by atoms with E-state index < -0.39 is 0 Å². The highest BCUT2D eigenvalue weighted by molar-refractivity contribution is 6.09. The summed E-state index contributed by atoms with van der Waals surface area (Å²) >= 11 is 0. The van der Waals surface area contributed by atoms with Crippen molar-refractivity contribution in [3.05, 3.63) is 78.6 Å². The predicted octanol–water partition coefficient (Wildman–Crippen LogP) is 3.59. The lowest BCUT2D eigenvalue weighted by atomic mass is 10.0. The molecule has 0 heterocycles. The van der Waals surface area contributed by atoms with Gasteiger partial charge in [-0.2, -0.15) is 0 Å². The van der Waals surface area contributed by atoms with Crippen molar-refractivity contribution in [2.24, 2.45) is 0 Å². The minimum Gasteiger partial charge on any atom is -0.502 e. The summed E-state index contributed by atoms with van der Waals surface area (Å²) in [5, 5.41) is 5.44. The number of urea groups is 1. The number of hydrogen-bond acceptors (Lipinski definition) is 3. The van der Waals surface area contributed by atoms with Gasteiger partial charge in [-0.05, 0) is 30.7 Å². The summed E-state index contributed by atoms with van der Waals surface area (Å²) in [6, 6.07) is 15.6. The Morgan fingerprint density at radius 3 is 2.33 bits per heavy atom. The number of hydrogen-bond donors (Lipinski definition) is 2. The summed E-state index contributed by atoms with van der Waals surface area (Å²) in [7, 11) is 0. The maximum atomic E-state index is 12.3. The van der Waals surface area contributed by atoms with Crippen molar-refractivity contribution in [2.45, 2.75) is 6.42 Å². The quantitative estimate of drug-likeness (QED) is 0.443. The van der Waals surface area contributed by atoms with Crippen LogP contribution >= 0.6 is 0 Å². The van der Waals surface area contributed by atoms with Crippen molar-refractivity contribution in [1.82, 2.24) is 5.32 Å². The van der Waals surface area contributed by atoms with Gasteiger partial charge < -0.3 is 15.4 Å². The van der Waals surface area contributed by atoms with Crippen molar-refractivity contribution in [3.63, 3.8) is 0 Å². The van der Waals surface area contributed by atoms with Crippen molar-refractivity contribution in [1.29, 1.82) is 0 Å². The molecule has 0 saturated carbocycles. The molecule has 0 aliphatic rings. The fourth-order valence-corrected chi connectivity index (χ4v) is 2.08. The minimum absolute atomic E-state index is 0.0474. The zero-order chi connectivity index (χ0) is 17.2. The highest BCUT2D eigenvalue weighted by Gasteiger charge is 2.08. The molecule has 0 spiro atoms. The molecule has 2 amide bonds. The normalized spacial score (nSPS) is 9.83. The molecule has 0 bridgehead atoms. The van der Waals surface area contributed by atoms with Crippen LogP contribution in [0, 0.1) is 0 Å². The molecule has 0 aromatic heterocycles. The van der Waals surface area contributed by atoms with Gasteiger partial charge in [0.2, 0.25) is 0 Å². The number of ether oxygens (including phenoxy) is 1. The second kappa shape index (κ2) is 9.15. The van der Waals surface area contributed by atoms with Crippen molar-refractivity contribution >= 4 is 17.5 Å². The lowest BCUT2D eigenvalue weighted by Gasteiger charge is -2.08. The van der Waals surface area contributed by atoms with Crippen LogP contribution in [0.15, 0.2) is 67.4 Å². The van der Waals surface area contributed by atoms with Crippen LogP contribution < -0.4 is 10.6 Å². The van der Waals surface area contributed by atoms with E-state index in [9.17, 15) is 9.59 Å². The molecule has 0 radical (unpaired) electrons. The van der Waals surface area contributed by atoms with Crippen LogP contribution in [0.5, 0.6) is 0 Å². The Labute approximate surface area is 141 Å². The molecule has 0 fully saturated rings. The molecule has 0 unspecified atom stereocenters. The molecule has 2 N–H and O–H groups in total. The van der Waals surface area contributed by atoms with E-state index in [4.69, 9.17) is 4.74 Å². The number of carbonyl (C=O) groups is 2. The Morgan fingerprint density at radius 1 is 1.00 bits per heavy atom. The zero-order valence-corrected chi connectivity index (χ0v) is 13.3. The monoisotopic (exact) mass is 324 g/mol.